The molecule has 0 amide bonds. The van der Waals surface area contributed by atoms with Crippen molar-refractivity contribution in [1.29, 1.82) is 0 Å². The molecule has 6 N–H and O–H groups in total. The van der Waals surface area contributed by atoms with E-state index in [-0.39, 0.29) is 6.42 Å². The Hall–Kier alpha value is -1.71. The van der Waals surface area contributed by atoms with Crippen molar-refractivity contribution in [2.75, 3.05) is 19.6 Å². The fraction of sp³-hybridized carbons (Fsp3) is 0.750. The Morgan fingerprint density at radius 3 is 2.33 bits per heavy atom. The van der Waals surface area contributed by atoms with Crippen LogP contribution in [0.2, 0.25) is 0 Å². The van der Waals surface area contributed by atoms with E-state index in [9.17, 15) is 14.4 Å². The summed E-state index contributed by atoms with van der Waals surface area (Å²) < 4.78 is 0. The van der Waals surface area contributed by atoms with Crippen molar-refractivity contribution in [3.8, 4) is 0 Å². The molecule has 0 aliphatic carbocycles. The van der Waals surface area contributed by atoms with E-state index in [0.717, 1.165) is 6.54 Å². The summed E-state index contributed by atoms with van der Waals surface area (Å²) in [5.74, 6) is -3.24. The summed E-state index contributed by atoms with van der Waals surface area (Å²) in [6, 6.07) is -2.70. The van der Waals surface area contributed by atoms with Gasteiger partial charge in [-0.2, -0.15) is 0 Å². The van der Waals surface area contributed by atoms with Crippen molar-refractivity contribution in [3.63, 3.8) is 0 Å². The highest BCUT2D eigenvalue weighted by molar-refractivity contribution is 5.77. The number of nitrogens with one attached hydrogen (secondary N) is 1. The molecule has 1 rings (SSSR count). The van der Waals surface area contributed by atoms with Crippen LogP contribution >= 0.6 is 0 Å². The largest absolute Gasteiger partial charge is 0.480 e. The lowest BCUT2D eigenvalue weighted by Crippen LogP contribution is -2.53. The molecule has 0 radical (unpaired) electrons. The molecule has 0 unspecified atom stereocenters. The Kier molecular flexibility index (Phi) is 6.53. The minimum Gasteiger partial charge on any atom is -0.480 e. The Labute approximate surface area is 121 Å². The average Bonchev–Trinajstić information content (AvgIpc) is 2.34. The third-order valence-corrected chi connectivity index (χ3v) is 3.53. The standard InChI is InChI=1S/C12H21N3O6/c13-7(10(16)17)6-8(11(18)19)14-3-1-4-15-5-2-9(15)12(20)21/h7-9,14H,1-6,13H2,(H,16,17)(H,18,19)(H,20,21)/t7-,8-,9+/m0/s1. The number of hydrogen-bond acceptors (Lipinski definition) is 6. The Morgan fingerprint density at radius 1 is 1.24 bits per heavy atom. The fourth-order valence-electron chi connectivity index (χ4n) is 2.17. The van der Waals surface area contributed by atoms with Crippen molar-refractivity contribution >= 4 is 17.9 Å². The highest BCUT2D eigenvalue weighted by Gasteiger charge is 2.33. The lowest BCUT2D eigenvalue weighted by atomic mass is 10.0. The molecule has 0 aromatic carbocycles. The van der Waals surface area contributed by atoms with Crippen molar-refractivity contribution in [2.45, 2.75) is 37.4 Å². The number of aliphatic carboxylic acids is 3. The highest BCUT2D eigenvalue weighted by atomic mass is 16.4. The predicted octanol–water partition coefficient (Wildman–Crippen LogP) is -1.62. The average molecular weight is 303 g/mol. The molecule has 1 fully saturated rings. The summed E-state index contributed by atoms with van der Waals surface area (Å²) in [4.78, 5) is 34.2. The van der Waals surface area contributed by atoms with E-state index in [1.54, 1.807) is 0 Å². The van der Waals surface area contributed by atoms with Gasteiger partial charge in [0, 0.05) is 13.1 Å². The van der Waals surface area contributed by atoms with Crippen LogP contribution in [-0.4, -0.2) is 75.9 Å². The third-order valence-electron chi connectivity index (χ3n) is 3.53. The van der Waals surface area contributed by atoms with Crippen LogP contribution < -0.4 is 11.1 Å². The van der Waals surface area contributed by atoms with Gasteiger partial charge in [-0.25, -0.2) is 0 Å². The summed E-state index contributed by atoms with van der Waals surface area (Å²) in [6.07, 6.45) is 1.01. The molecule has 1 saturated heterocycles. The van der Waals surface area contributed by atoms with Crippen LogP contribution in [0.5, 0.6) is 0 Å². The van der Waals surface area contributed by atoms with E-state index >= 15 is 0 Å². The smallest absolute Gasteiger partial charge is 0.320 e. The van der Waals surface area contributed by atoms with E-state index < -0.39 is 36.0 Å². The topological polar surface area (TPSA) is 153 Å². The number of hydrogen-bond donors (Lipinski definition) is 5. The second-order valence-electron chi connectivity index (χ2n) is 5.06. The van der Waals surface area contributed by atoms with Crippen molar-refractivity contribution in [3.05, 3.63) is 0 Å². The third kappa shape index (κ3) is 5.29. The molecule has 3 atom stereocenters. The first-order chi connectivity index (χ1) is 9.82. The van der Waals surface area contributed by atoms with E-state index in [1.807, 2.05) is 4.90 Å². The van der Waals surface area contributed by atoms with Crippen LogP contribution in [0.1, 0.15) is 19.3 Å². The minimum absolute atomic E-state index is 0.202. The van der Waals surface area contributed by atoms with Gasteiger partial charge in [0.2, 0.25) is 0 Å². The quantitative estimate of drug-likeness (QED) is 0.299. The maximum Gasteiger partial charge on any atom is 0.320 e. The number of nitrogens with zero attached hydrogens (tertiary/aromatic N) is 1. The SMILES string of the molecule is N[C@@H](C[C@H](NCCCN1CC[C@@H]1C(=O)O)C(=O)O)C(=O)O. The van der Waals surface area contributed by atoms with Crippen LogP contribution in [0.4, 0.5) is 0 Å². The van der Waals surface area contributed by atoms with Gasteiger partial charge in [0.25, 0.3) is 0 Å². The molecule has 0 saturated carbocycles. The first-order valence-corrected chi connectivity index (χ1v) is 6.74. The van der Waals surface area contributed by atoms with Gasteiger partial charge in [-0.15, -0.1) is 0 Å². The van der Waals surface area contributed by atoms with Gasteiger partial charge < -0.3 is 26.4 Å². The Balaban J connectivity index is 2.26. The lowest BCUT2D eigenvalue weighted by Gasteiger charge is -2.37. The Bertz CT molecular complexity index is 402. The summed E-state index contributed by atoms with van der Waals surface area (Å²) in [7, 11) is 0. The number of carboxylic acids is 3. The van der Waals surface area contributed by atoms with Crippen LogP contribution in [0.3, 0.4) is 0 Å². The maximum atomic E-state index is 11.0. The zero-order valence-corrected chi connectivity index (χ0v) is 11.6. The van der Waals surface area contributed by atoms with Crippen molar-refractivity contribution in [2.24, 2.45) is 5.73 Å². The van der Waals surface area contributed by atoms with E-state index in [0.29, 0.717) is 25.9 Å². The number of rotatable bonds is 10. The monoisotopic (exact) mass is 303 g/mol. The normalized spacial score (nSPS) is 21.3. The lowest BCUT2D eigenvalue weighted by molar-refractivity contribution is -0.148. The molecule has 0 spiro atoms. The molecule has 0 aromatic rings. The van der Waals surface area contributed by atoms with Crippen LogP contribution in [0.25, 0.3) is 0 Å². The molecular weight excluding hydrogens is 282 g/mol. The molecular formula is C12H21N3O6. The van der Waals surface area contributed by atoms with E-state index in [1.165, 1.54) is 0 Å². The van der Waals surface area contributed by atoms with Crippen molar-refractivity contribution < 1.29 is 29.7 Å². The molecule has 0 aromatic heterocycles. The molecule has 1 heterocycles. The van der Waals surface area contributed by atoms with Gasteiger partial charge in [-0.3, -0.25) is 19.3 Å². The summed E-state index contributed by atoms with van der Waals surface area (Å²) >= 11 is 0. The summed E-state index contributed by atoms with van der Waals surface area (Å²) in [5, 5.41) is 29.3. The summed E-state index contributed by atoms with van der Waals surface area (Å²) in [5.41, 5.74) is 5.31. The molecule has 1 aliphatic rings. The second kappa shape index (κ2) is 7.91. The summed E-state index contributed by atoms with van der Waals surface area (Å²) in [6.45, 7) is 1.64. The number of likely N-dealkylation sites (tertiary alicyclic amines) is 1. The van der Waals surface area contributed by atoms with E-state index in [4.69, 9.17) is 21.1 Å². The molecule has 21 heavy (non-hydrogen) atoms. The minimum atomic E-state index is -1.24. The number of carbonyl (C=O) groups is 3. The zero-order chi connectivity index (χ0) is 16.0. The van der Waals surface area contributed by atoms with Crippen molar-refractivity contribution in [1.82, 2.24) is 10.2 Å². The van der Waals surface area contributed by atoms with E-state index in [2.05, 4.69) is 5.32 Å². The Morgan fingerprint density at radius 2 is 1.90 bits per heavy atom. The maximum absolute atomic E-state index is 11.0. The van der Waals surface area contributed by atoms with Crippen LogP contribution in [0, 0.1) is 0 Å². The van der Waals surface area contributed by atoms with Gasteiger partial charge in [0.15, 0.2) is 0 Å². The number of carboxylic acid groups (broad SMARTS) is 3. The van der Waals surface area contributed by atoms with Gasteiger partial charge in [0.05, 0.1) is 0 Å². The van der Waals surface area contributed by atoms with Crippen LogP contribution in [-0.2, 0) is 14.4 Å². The molecule has 0 bridgehead atoms. The fourth-order valence-corrected chi connectivity index (χ4v) is 2.17. The molecule has 120 valence electrons. The first kappa shape index (κ1) is 17.3. The molecule has 9 heteroatoms. The van der Waals surface area contributed by atoms with Gasteiger partial charge in [-0.05, 0) is 25.8 Å². The van der Waals surface area contributed by atoms with Gasteiger partial charge in [0.1, 0.15) is 18.1 Å². The van der Waals surface area contributed by atoms with Crippen LogP contribution in [0.15, 0.2) is 0 Å². The predicted molar refractivity (Wildman–Crippen MR) is 71.9 cm³/mol. The van der Waals surface area contributed by atoms with Gasteiger partial charge in [-0.1, -0.05) is 0 Å². The second-order valence-corrected chi connectivity index (χ2v) is 5.06. The number of nitrogens with two attached hydrogens (primary N) is 1. The molecule has 1 aliphatic heterocycles. The first-order valence-electron chi connectivity index (χ1n) is 6.74. The zero-order valence-electron chi connectivity index (χ0n) is 11.6. The highest BCUT2D eigenvalue weighted by Crippen LogP contribution is 2.17. The molecule has 9 nitrogen and oxygen atoms in total. The van der Waals surface area contributed by atoms with Gasteiger partial charge >= 0.3 is 17.9 Å².